The molecule has 0 radical (unpaired) electrons. The molecule has 0 bridgehead atoms. The Morgan fingerprint density at radius 1 is 0.425 bits per heavy atom. The van der Waals surface area contributed by atoms with E-state index >= 15 is 0 Å². The van der Waals surface area contributed by atoms with Crippen molar-refractivity contribution in [3.63, 3.8) is 0 Å². The van der Waals surface area contributed by atoms with Gasteiger partial charge in [-0.3, -0.25) is 9.55 Å². The van der Waals surface area contributed by atoms with Crippen LogP contribution in [0, 0.1) is 6.07 Å². The Morgan fingerprint density at radius 3 is 1.58 bits per heavy atom. The molecule has 5 heteroatoms. The van der Waals surface area contributed by atoms with Crippen molar-refractivity contribution in [2.45, 2.75) is 131 Å². The molecule has 0 aliphatic heterocycles. The monoisotopic (exact) mass is 1140 g/mol. The van der Waals surface area contributed by atoms with E-state index in [-0.39, 0.29) is 53.9 Å². The predicted molar refractivity (Wildman–Crippen MR) is 305 cm³/mol. The summed E-state index contributed by atoms with van der Waals surface area (Å²) in [7, 11) is 0. The van der Waals surface area contributed by atoms with E-state index in [1.54, 1.807) is 0 Å². The van der Waals surface area contributed by atoms with Gasteiger partial charge in [-0.2, -0.15) is 0 Å². The maximum Gasteiger partial charge on any atom is 0.148 e. The van der Waals surface area contributed by atoms with Gasteiger partial charge in [-0.1, -0.05) is 230 Å². The van der Waals surface area contributed by atoms with Gasteiger partial charge in [0.15, 0.2) is 0 Å². The second kappa shape index (κ2) is 19.5. The molecule has 0 fully saturated rings. The summed E-state index contributed by atoms with van der Waals surface area (Å²) >= 11 is 0. The Morgan fingerprint density at radius 2 is 0.973 bits per heavy atom. The van der Waals surface area contributed by atoms with E-state index in [9.17, 15) is 5.11 Å². The average molecular weight is 1140 g/mol. The van der Waals surface area contributed by atoms with Gasteiger partial charge in [0.2, 0.25) is 0 Å². The maximum absolute atomic E-state index is 12.7. The maximum atomic E-state index is 12.7. The molecule has 0 saturated carbocycles. The Balaban J connectivity index is 0.00000711. The third-order valence-electron chi connectivity index (χ3n) is 14.3. The molecule has 73 heavy (non-hydrogen) atoms. The molecule has 0 spiro atoms. The van der Waals surface area contributed by atoms with E-state index < -0.39 is 0 Å². The molecule has 0 atom stereocenters. The number of rotatable bonds is 7. The number of para-hydroxylation sites is 1. The Hall–Kier alpha value is -6.35. The van der Waals surface area contributed by atoms with Gasteiger partial charge < -0.3 is 5.11 Å². The molecular weight excluding hydrogens is 1070 g/mol. The van der Waals surface area contributed by atoms with Crippen molar-refractivity contribution in [3.05, 3.63) is 192 Å². The van der Waals surface area contributed by atoms with Gasteiger partial charge in [0, 0.05) is 44.1 Å². The van der Waals surface area contributed by atoms with Crippen LogP contribution < -0.4 is 0 Å². The number of aromatic nitrogens is 3. The molecule has 9 rings (SSSR count). The summed E-state index contributed by atoms with van der Waals surface area (Å²) in [5.74, 6) is 0.936. The van der Waals surface area contributed by atoms with Crippen molar-refractivity contribution in [1.82, 2.24) is 14.5 Å². The Bertz CT molecular complexity index is 3450. The summed E-state index contributed by atoms with van der Waals surface area (Å²) in [6.07, 6.45) is 1.91. The van der Waals surface area contributed by atoms with E-state index in [0.29, 0.717) is 11.4 Å². The minimum Gasteiger partial charge on any atom is -0.507 e. The van der Waals surface area contributed by atoms with Crippen LogP contribution in [0.5, 0.6) is 5.75 Å². The van der Waals surface area contributed by atoms with E-state index in [0.717, 1.165) is 72.5 Å². The van der Waals surface area contributed by atoms with E-state index in [4.69, 9.17) is 9.97 Å². The van der Waals surface area contributed by atoms with Crippen LogP contribution in [0.1, 0.15) is 132 Å². The van der Waals surface area contributed by atoms with Gasteiger partial charge in [-0.05, 0) is 95.8 Å². The van der Waals surface area contributed by atoms with Gasteiger partial charge in [0.25, 0.3) is 0 Å². The van der Waals surface area contributed by atoms with E-state index in [1.807, 2.05) is 6.20 Å². The van der Waals surface area contributed by atoms with Gasteiger partial charge in [-0.15, -0.1) is 29.3 Å². The number of imidazole rings is 1. The summed E-state index contributed by atoms with van der Waals surface area (Å²) in [4.78, 5) is 10.8. The summed E-state index contributed by atoms with van der Waals surface area (Å²) < 4.78 is 2.32. The van der Waals surface area contributed by atoms with E-state index in [2.05, 4.69) is 266 Å². The fraction of sp³-hybridized carbons (Fsp3) is 0.294. The van der Waals surface area contributed by atoms with Crippen molar-refractivity contribution in [2.24, 2.45) is 0 Å². The molecule has 0 amide bonds. The average Bonchev–Trinajstić information content (AvgIpc) is 3.72. The van der Waals surface area contributed by atoms with Crippen LogP contribution >= 0.6 is 0 Å². The minimum atomic E-state index is -0.343. The molecule has 4 nitrogen and oxygen atoms in total. The first-order valence-electron chi connectivity index (χ1n) is 25.6. The van der Waals surface area contributed by atoms with Crippen LogP contribution in [0.25, 0.3) is 83.9 Å². The van der Waals surface area contributed by atoms with Crippen molar-refractivity contribution in [1.29, 1.82) is 0 Å². The summed E-state index contributed by atoms with van der Waals surface area (Å²) in [5, 5.41) is 12.7. The minimum absolute atomic E-state index is 0. The van der Waals surface area contributed by atoms with Gasteiger partial charge in [0.1, 0.15) is 11.6 Å². The second-order valence-electron chi connectivity index (χ2n) is 25.0. The molecule has 376 valence electrons. The number of phenolic OH excluding ortho intramolecular Hbond substituents is 1. The number of pyridine rings is 1. The molecule has 0 saturated heterocycles. The van der Waals surface area contributed by atoms with Crippen molar-refractivity contribution in [3.8, 4) is 78.6 Å². The first kappa shape index (κ1) is 53.0. The number of aromatic hydroxyl groups is 1. The van der Waals surface area contributed by atoms with Crippen LogP contribution in [0.2, 0.25) is 0 Å². The summed E-state index contributed by atoms with van der Waals surface area (Å²) in [6.45, 7) is 33.6. The van der Waals surface area contributed by atoms with Crippen molar-refractivity contribution >= 4 is 11.0 Å². The Labute approximate surface area is 450 Å². The number of nitrogens with zero attached hydrogens (tertiary/aromatic N) is 3. The zero-order valence-electron chi connectivity index (χ0n) is 45.6. The van der Waals surface area contributed by atoms with Gasteiger partial charge >= 0.3 is 0 Å². The molecule has 7 aromatic carbocycles. The zero-order valence-corrected chi connectivity index (χ0v) is 47.9. The molecule has 9 aromatic rings. The number of hydrogen-bond acceptors (Lipinski definition) is 3. The second-order valence-corrected chi connectivity index (χ2v) is 25.0. The third-order valence-corrected chi connectivity index (χ3v) is 14.3. The number of phenols is 1. The molecule has 0 unspecified atom stereocenters. The number of benzene rings is 7. The van der Waals surface area contributed by atoms with Crippen LogP contribution in [0.4, 0.5) is 0 Å². The van der Waals surface area contributed by atoms with Crippen molar-refractivity contribution < 1.29 is 26.2 Å². The zero-order chi connectivity index (χ0) is 51.7. The standard InChI is InChI=1S/C68H72N3O.Pt/c1-64(2,3)50-30-28-46(29-31-50)54-33-32-51(65(4,5)6)42-60(54)71-59-23-19-22-55(61(59)70-63(71)56-40-53(67(10,11)12)41-57(62(56)72)68(13,14)15)48-36-49(38-52(37-48)66(7,8)9)58-39-47(34-35-69-58)45-26-24-44(25-27-45)43-20-17-16-18-21-43;/h16-35,37-42,72H,1-15H3;/q-1;. The van der Waals surface area contributed by atoms with Crippen LogP contribution in [0.3, 0.4) is 0 Å². The fourth-order valence-electron chi connectivity index (χ4n) is 9.66. The van der Waals surface area contributed by atoms with Crippen LogP contribution in [-0.2, 0) is 48.1 Å². The normalized spacial score (nSPS) is 12.5. The molecule has 1 N–H and O–H groups in total. The summed E-state index contributed by atoms with van der Waals surface area (Å²) in [6, 6.07) is 58.8. The first-order valence-corrected chi connectivity index (χ1v) is 25.6. The first-order chi connectivity index (χ1) is 33.8. The molecule has 0 aliphatic carbocycles. The number of hydrogen-bond donors (Lipinski definition) is 1. The fourth-order valence-corrected chi connectivity index (χ4v) is 9.66. The quantitative estimate of drug-likeness (QED) is 0.162. The van der Waals surface area contributed by atoms with Gasteiger partial charge in [-0.25, -0.2) is 4.98 Å². The van der Waals surface area contributed by atoms with E-state index in [1.165, 1.54) is 27.8 Å². The molecule has 2 heterocycles. The Kier molecular flexibility index (Phi) is 14.1. The summed E-state index contributed by atoms with van der Waals surface area (Å²) in [5.41, 5.74) is 18.8. The van der Waals surface area contributed by atoms with Crippen molar-refractivity contribution in [2.75, 3.05) is 0 Å². The topological polar surface area (TPSA) is 50.9 Å². The third kappa shape index (κ3) is 10.8. The van der Waals surface area contributed by atoms with Gasteiger partial charge in [0.05, 0.1) is 22.3 Å². The molecule has 0 aliphatic rings. The predicted octanol–water partition coefficient (Wildman–Crippen LogP) is 18.4. The SMILES string of the molecule is CC(C)(C)c1ccc(-c2ccc(C(C)(C)C)cc2-n2c(-c3cc(C(C)(C)C)cc(C(C)(C)C)c3O)nc3c(-c4[c-]c(-c5cc(-c6ccc(-c7ccccc7)cc6)ccn5)cc(C(C)(C)C)c4)cccc32)cc1.[Pt]. The largest absolute Gasteiger partial charge is 0.507 e. The van der Waals surface area contributed by atoms with Crippen LogP contribution in [0.15, 0.2) is 158 Å². The van der Waals surface area contributed by atoms with Crippen LogP contribution in [-0.4, -0.2) is 19.6 Å². The smallest absolute Gasteiger partial charge is 0.148 e. The number of fused-ring (bicyclic) bond motifs is 1. The molecule has 2 aromatic heterocycles. The molecular formula is C68H72N3OPt-.